The van der Waals surface area contributed by atoms with Crippen LogP contribution in [-0.2, 0) is 10.0 Å². The van der Waals surface area contributed by atoms with Crippen LogP contribution in [0.5, 0.6) is 0 Å². The lowest BCUT2D eigenvalue weighted by Gasteiger charge is -2.31. The van der Waals surface area contributed by atoms with Gasteiger partial charge in [-0.3, -0.25) is 0 Å². The highest BCUT2D eigenvalue weighted by atomic mass is 32.2. The number of hydrogen-bond acceptors (Lipinski definition) is 5. The molecule has 7 heteroatoms. The quantitative estimate of drug-likeness (QED) is 0.930. The molecule has 1 aliphatic heterocycles. The largest absolute Gasteiger partial charge is 0.367 e. The van der Waals surface area contributed by atoms with Crippen molar-refractivity contribution in [3.8, 4) is 0 Å². The molecule has 0 unspecified atom stereocenters. The zero-order valence-corrected chi connectivity index (χ0v) is 13.4. The van der Waals surface area contributed by atoms with Crippen molar-refractivity contribution in [2.45, 2.75) is 25.8 Å². The third-order valence-electron chi connectivity index (χ3n) is 4.10. The van der Waals surface area contributed by atoms with Gasteiger partial charge in [0.05, 0.1) is 11.3 Å². The van der Waals surface area contributed by atoms with E-state index >= 15 is 0 Å². The van der Waals surface area contributed by atoms with Crippen molar-refractivity contribution in [1.82, 2.24) is 14.3 Å². The molecule has 0 spiro atoms. The van der Waals surface area contributed by atoms with Gasteiger partial charge >= 0.3 is 0 Å². The van der Waals surface area contributed by atoms with Crippen molar-refractivity contribution < 1.29 is 8.42 Å². The Balaban J connectivity index is 1.70. The molecule has 2 aromatic rings. The van der Waals surface area contributed by atoms with Gasteiger partial charge in [-0.1, -0.05) is 12.1 Å². The molecule has 1 saturated heterocycles. The molecule has 0 atom stereocenters. The summed E-state index contributed by atoms with van der Waals surface area (Å²) in [5.74, 6) is 0.990. The Hall–Kier alpha value is -1.73. The number of nitrogens with zero attached hydrogens (tertiary/aromatic N) is 3. The van der Waals surface area contributed by atoms with Gasteiger partial charge in [-0.25, -0.2) is 22.7 Å². The number of piperidine rings is 1. The van der Waals surface area contributed by atoms with E-state index in [4.69, 9.17) is 0 Å². The number of sulfonamides is 1. The Kier molecular flexibility index (Phi) is 4.26. The Morgan fingerprint density at radius 2 is 1.95 bits per heavy atom. The van der Waals surface area contributed by atoms with E-state index in [1.807, 2.05) is 24.3 Å². The molecule has 22 heavy (non-hydrogen) atoms. The summed E-state index contributed by atoms with van der Waals surface area (Å²) < 4.78 is 25.3. The molecule has 0 saturated carbocycles. The molecule has 1 aromatic carbocycles. The summed E-state index contributed by atoms with van der Waals surface area (Å²) in [7, 11) is -3.07. The van der Waals surface area contributed by atoms with E-state index in [-0.39, 0.29) is 11.8 Å². The second-order valence-corrected chi connectivity index (χ2v) is 7.72. The molecule has 1 fully saturated rings. The molecule has 118 valence electrons. The summed E-state index contributed by atoms with van der Waals surface area (Å²) in [6.07, 6.45) is 3.14. The average Bonchev–Trinajstić information content (AvgIpc) is 2.56. The molecule has 6 nitrogen and oxygen atoms in total. The highest BCUT2D eigenvalue weighted by molar-refractivity contribution is 7.89. The van der Waals surface area contributed by atoms with Crippen LogP contribution < -0.4 is 5.32 Å². The third kappa shape index (κ3) is 3.05. The van der Waals surface area contributed by atoms with E-state index in [1.165, 1.54) is 0 Å². The van der Waals surface area contributed by atoms with Crippen molar-refractivity contribution in [3.05, 3.63) is 30.6 Å². The van der Waals surface area contributed by atoms with Gasteiger partial charge in [-0.05, 0) is 31.9 Å². The first kappa shape index (κ1) is 15.2. The lowest BCUT2D eigenvalue weighted by molar-refractivity contribution is 0.330. The topological polar surface area (TPSA) is 75.2 Å². The van der Waals surface area contributed by atoms with Crippen molar-refractivity contribution in [2.24, 2.45) is 0 Å². The van der Waals surface area contributed by atoms with Crippen LogP contribution >= 0.6 is 0 Å². The van der Waals surface area contributed by atoms with E-state index in [9.17, 15) is 8.42 Å². The maximum absolute atomic E-state index is 11.9. The minimum absolute atomic E-state index is 0.168. The van der Waals surface area contributed by atoms with Crippen LogP contribution in [0.2, 0.25) is 0 Å². The van der Waals surface area contributed by atoms with Gasteiger partial charge in [-0.2, -0.15) is 0 Å². The van der Waals surface area contributed by atoms with Crippen molar-refractivity contribution in [3.63, 3.8) is 0 Å². The first-order valence-electron chi connectivity index (χ1n) is 7.54. The molecule has 0 radical (unpaired) electrons. The lowest BCUT2D eigenvalue weighted by Crippen LogP contribution is -2.43. The van der Waals surface area contributed by atoms with Gasteiger partial charge in [-0.15, -0.1) is 0 Å². The summed E-state index contributed by atoms with van der Waals surface area (Å²) in [6.45, 7) is 2.82. The number of aromatic nitrogens is 2. The molecule has 1 aromatic heterocycles. The minimum Gasteiger partial charge on any atom is -0.367 e. The summed E-state index contributed by atoms with van der Waals surface area (Å²) in [5.41, 5.74) is 0.908. The number of hydrogen-bond donors (Lipinski definition) is 1. The first-order chi connectivity index (χ1) is 10.6. The van der Waals surface area contributed by atoms with Crippen LogP contribution in [0.4, 0.5) is 5.82 Å². The zero-order chi connectivity index (χ0) is 15.6. The van der Waals surface area contributed by atoms with E-state index in [2.05, 4.69) is 15.3 Å². The molecule has 2 heterocycles. The van der Waals surface area contributed by atoms with Gasteiger partial charge in [0.15, 0.2) is 0 Å². The predicted molar refractivity (Wildman–Crippen MR) is 87.2 cm³/mol. The van der Waals surface area contributed by atoms with Gasteiger partial charge in [0.2, 0.25) is 10.0 Å². The number of anilines is 1. The normalized spacial score (nSPS) is 17.7. The fourth-order valence-corrected chi connectivity index (χ4v) is 3.91. The minimum atomic E-state index is -3.07. The maximum Gasteiger partial charge on any atom is 0.213 e. The van der Waals surface area contributed by atoms with Crippen molar-refractivity contribution in [1.29, 1.82) is 0 Å². The number of rotatable bonds is 4. The average molecular weight is 320 g/mol. The second-order valence-electron chi connectivity index (χ2n) is 5.46. The molecule has 0 bridgehead atoms. The summed E-state index contributed by atoms with van der Waals surface area (Å²) in [4.78, 5) is 8.58. The van der Waals surface area contributed by atoms with Crippen LogP contribution in [0, 0.1) is 0 Å². The SMILES string of the molecule is CCS(=O)(=O)N1CCC(Nc2ncnc3ccccc23)CC1. The van der Waals surface area contributed by atoms with Gasteiger partial charge < -0.3 is 5.32 Å². The van der Waals surface area contributed by atoms with Gasteiger partial charge in [0.1, 0.15) is 12.1 Å². The second kappa shape index (κ2) is 6.18. The fraction of sp³-hybridized carbons (Fsp3) is 0.467. The monoisotopic (exact) mass is 320 g/mol. The molecule has 3 rings (SSSR count). The number of nitrogens with one attached hydrogen (secondary N) is 1. The molecule has 0 aliphatic carbocycles. The van der Waals surface area contributed by atoms with Crippen molar-refractivity contribution >= 4 is 26.7 Å². The molecular weight excluding hydrogens is 300 g/mol. The standard InChI is InChI=1S/C15H20N4O2S/c1-2-22(20,21)19-9-7-12(8-10-19)18-15-13-5-3-4-6-14(13)16-11-17-15/h3-6,11-12H,2,7-10H2,1H3,(H,16,17,18). The van der Waals surface area contributed by atoms with Crippen LogP contribution in [0.1, 0.15) is 19.8 Å². The Labute approximate surface area is 130 Å². The highest BCUT2D eigenvalue weighted by Gasteiger charge is 2.26. The molecule has 1 N–H and O–H groups in total. The van der Waals surface area contributed by atoms with E-state index in [1.54, 1.807) is 17.6 Å². The van der Waals surface area contributed by atoms with Crippen LogP contribution in [0.3, 0.4) is 0 Å². The van der Waals surface area contributed by atoms with Crippen LogP contribution in [-0.4, -0.2) is 47.6 Å². The smallest absolute Gasteiger partial charge is 0.213 e. The van der Waals surface area contributed by atoms with Gasteiger partial charge in [0, 0.05) is 24.5 Å². The van der Waals surface area contributed by atoms with Crippen LogP contribution in [0.15, 0.2) is 30.6 Å². The zero-order valence-electron chi connectivity index (χ0n) is 12.6. The van der Waals surface area contributed by atoms with Gasteiger partial charge in [0.25, 0.3) is 0 Å². The Morgan fingerprint density at radius 1 is 1.23 bits per heavy atom. The molecule has 0 amide bonds. The number of fused-ring (bicyclic) bond motifs is 1. The highest BCUT2D eigenvalue weighted by Crippen LogP contribution is 2.22. The number of benzene rings is 1. The summed E-state index contributed by atoms with van der Waals surface area (Å²) >= 11 is 0. The number of para-hydroxylation sites is 1. The van der Waals surface area contributed by atoms with E-state index in [0.29, 0.717) is 13.1 Å². The summed E-state index contributed by atoms with van der Waals surface area (Å²) in [6, 6.07) is 8.11. The van der Waals surface area contributed by atoms with Crippen molar-refractivity contribution in [2.75, 3.05) is 24.2 Å². The predicted octanol–water partition coefficient (Wildman–Crippen LogP) is 1.86. The third-order valence-corrected chi connectivity index (χ3v) is 5.98. The summed E-state index contributed by atoms with van der Waals surface area (Å²) in [5, 5.41) is 4.44. The lowest BCUT2D eigenvalue weighted by atomic mass is 10.1. The molecule has 1 aliphatic rings. The van der Waals surface area contributed by atoms with E-state index < -0.39 is 10.0 Å². The Bertz CT molecular complexity index is 750. The Morgan fingerprint density at radius 3 is 2.68 bits per heavy atom. The maximum atomic E-state index is 11.9. The van der Waals surface area contributed by atoms with Crippen LogP contribution in [0.25, 0.3) is 10.9 Å². The molecular formula is C15H20N4O2S. The fourth-order valence-electron chi connectivity index (χ4n) is 2.77. The first-order valence-corrected chi connectivity index (χ1v) is 9.15. The van der Waals surface area contributed by atoms with E-state index in [0.717, 1.165) is 29.6 Å².